The maximum absolute atomic E-state index is 13.2. The van der Waals surface area contributed by atoms with Crippen LogP contribution in [0.5, 0.6) is 17.2 Å². The van der Waals surface area contributed by atoms with Crippen molar-refractivity contribution >= 4 is 5.91 Å². The summed E-state index contributed by atoms with van der Waals surface area (Å²) in [5.41, 5.74) is 4.00. The molecule has 3 aromatic carbocycles. The van der Waals surface area contributed by atoms with Crippen LogP contribution in [0.1, 0.15) is 33.2 Å². The molecule has 0 aromatic heterocycles. The molecule has 3 aromatic rings. The van der Waals surface area contributed by atoms with Crippen LogP contribution < -0.4 is 14.2 Å². The standard InChI is InChI=1S/C30H36N2O5/c1-22-8-10-23(11-9-22)21-37-29(24-6-5-7-25(18-24)34-2)20-31-14-16-32(17-15-31)30(33)27-13-12-26(35-3)19-28(27)36-4/h5-13,18-19,29H,14-17,20-21H2,1-4H3/t29-/m1/s1. The van der Waals surface area contributed by atoms with Gasteiger partial charge in [-0.15, -0.1) is 0 Å². The van der Waals surface area contributed by atoms with E-state index in [0.29, 0.717) is 36.8 Å². The summed E-state index contributed by atoms with van der Waals surface area (Å²) in [4.78, 5) is 17.5. The van der Waals surface area contributed by atoms with E-state index >= 15 is 0 Å². The Morgan fingerprint density at radius 2 is 1.54 bits per heavy atom. The first-order chi connectivity index (χ1) is 18.0. The van der Waals surface area contributed by atoms with E-state index in [2.05, 4.69) is 42.2 Å². The molecular formula is C30H36N2O5. The quantitative estimate of drug-likeness (QED) is 0.398. The predicted molar refractivity (Wildman–Crippen MR) is 144 cm³/mol. The van der Waals surface area contributed by atoms with Crippen molar-refractivity contribution in [1.82, 2.24) is 9.80 Å². The lowest BCUT2D eigenvalue weighted by Gasteiger charge is -2.36. The summed E-state index contributed by atoms with van der Waals surface area (Å²) < 4.78 is 22.6. The van der Waals surface area contributed by atoms with Gasteiger partial charge in [-0.05, 0) is 42.3 Å². The highest BCUT2D eigenvalue weighted by atomic mass is 16.5. The molecule has 1 fully saturated rings. The van der Waals surface area contributed by atoms with Gasteiger partial charge >= 0.3 is 0 Å². The molecule has 0 aliphatic carbocycles. The third kappa shape index (κ3) is 6.81. The normalized spacial score (nSPS) is 14.8. The fourth-order valence-corrected chi connectivity index (χ4v) is 4.49. The molecule has 0 radical (unpaired) electrons. The van der Waals surface area contributed by atoms with Gasteiger partial charge in [0.25, 0.3) is 5.91 Å². The highest BCUT2D eigenvalue weighted by Gasteiger charge is 2.26. The minimum absolute atomic E-state index is 0.0286. The Balaban J connectivity index is 1.41. The average molecular weight is 505 g/mol. The van der Waals surface area contributed by atoms with E-state index < -0.39 is 0 Å². The fraction of sp³-hybridized carbons (Fsp3) is 0.367. The third-order valence-electron chi connectivity index (χ3n) is 6.76. The lowest BCUT2D eigenvalue weighted by Crippen LogP contribution is -2.49. The molecule has 196 valence electrons. The van der Waals surface area contributed by atoms with E-state index in [0.717, 1.165) is 36.5 Å². The molecular weight excluding hydrogens is 468 g/mol. The number of carbonyl (C=O) groups is 1. The zero-order valence-electron chi connectivity index (χ0n) is 22.1. The van der Waals surface area contributed by atoms with Crippen LogP contribution in [0, 0.1) is 6.92 Å². The SMILES string of the molecule is COc1cccc([C@@H](CN2CCN(C(=O)c3ccc(OC)cc3OC)CC2)OCc2ccc(C)cc2)c1. The van der Waals surface area contributed by atoms with Crippen LogP contribution in [-0.4, -0.2) is 69.8 Å². The van der Waals surface area contributed by atoms with Crippen LogP contribution in [-0.2, 0) is 11.3 Å². The van der Waals surface area contributed by atoms with Gasteiger partial charge in [0.2, 0.25) is 0 Å². The van der Waals surface area contributed by atoms with Crippen molar-refractivity contribution in [3.05, 3.63) is 89.0 Å². The third-order valence-corrected chi connectivity index (χ3v) is 6.76. The molecule has 7 heteroatoms. The molecule has 4 rings (SSSR count). The van der Waals surface area contributed by atoms with Gasteiger partial charge in [0.05, 0.1) is 39.6 Å². The summed E-state index contributed by atoms with van der Waals surface area (Å²) in [6.45, 7) is 6.13. The molecule has 0 unspecified atom stereocenters. The average Bonchev–Trinajstić information content (AvgIpc) is 2.95. The second-order valence-corrected chi connectivity index (χ2v) is 9.22. The predicted octanol–water partition coefficient (Wildman–Crippen LogP) is 4.74. The number of carbonyl (C=O) groups excluding carboxylic acids is 1. The zero-order valence-corrected chi connectivity index (χ0v) is 22.1. The number of methoxy groups -OCH3 is 3. The van der Waals surface area contributed by atoms with Crippen molar-refractivity contribution in [2.45, 2.75) is 19.6 Å². The first-order valence-corrected chi connectivity index (χ1v) is 12.6. The van der Waals surface area contributed by atoms with Gasteiger partial charge in [-0.25, -0.2) is 0 Å². The summed E-state index contributed by atoms with van der Waals surface area (Å²) in [5, 5.41) is 0. The lowest BCUT2D eigenvalue weighted by atomic mass is 10.1. The number of nitrogens with zero attached hydrogens (tertiary/aromatic N) is 2. The first kappa shape index (κ1) is 26.5. The Morgan fingerprint density at radius 3 is 2.22 bits per heavy atom. The van der Waals surface area contributed by atoms with Crippen molar-refractivity contribution in [2.75, 3.05) is 54.1 Å². The number of rotatable bonds is 10. The van der Waals surface area contributed by atoms with Crippen LogP contribution in [0.4, 0.5) is 0 Å². The highest BCUT2D eigenvalue weighted by Crippen LogP contribution is 2.28. The number of hydrogen-bond donors (Lipinski definition) is 0. The minimum Gasteiger partial charge on any atom is -0.497 e. The molecule has 1 heterocycles. The van der Waals surface area contributed by atoms with Gasteiger partial charge in [-0.2, -0.15) is 0 Å². The van der Waals surface area contributed by atoms with Crippen LogP contribution >= 0.6 is 0 Å². The number of ether oxygens (including phenoxy) is 4. The van der Waals surface area contributed by atoms with E-state index in [1.807, 2.05) is 23.1 Å². The van der Waals surface area contributed by atoms with E-state index in [1.54, 1.807) is 39.5 Å². The Bertz CT molecular complexity index is 1170. The molecule has 0 N–H and O–H groups in total. The van der Waals surface area contributed by atoms with Gasteiger partial charge < -0.3 is 23.8 Å². The van der Waals surface area contributed by atoms with E-state index in [9.17, 15) is 4.79 Å². The molecule has 7 nitrogen and oxygen atoms in total. The van der Waals surface area contributed by atoms with Crippen molar-refractivity contribution in [3.8, 4) is 17.2 Å². The topological polar surface area (TPSA) is 60.5 Å². The summed E-state index contributed by atoms with van der Waals surface area (Å²) in [5.74, 6) is 1.96. The summed E-state index contributed by atoms with van der Waals surface area (Å²) >= 11 is 0. The number of aryl methyl sites for hydroxylation is 1. The lowest BCUT2D eigenvalue weighted by molar-refractivity contribution is 0.00330. The molecule has 0 saturated carbocycles. The molecule has 1 amide bonds. The van der Waals surface area contributed by atoms with Crippen LogP contribution in [0.25, 0.3) is 0 Å². The monoisotopic (exact) mass is 504 g/mol. The van der Waals surface area contributed by atoms with Gasteiger partial charge in [0, 0.05) is 38.8 Å². The molecule has 1 saturated heterocycles. The maximum atomic E-state index is 13.2. The van der Waals surface area contributed by atoms with Crippen molar-refractivity contribution < 1.29 is 23.7 Å². The van der Waals surface area contributed by atoms with Crippen molar-refractivity contribution in [3.63, 3.8) is 0 Å². The second-order valence-electron chi connectivity index (χ2n) is 9.22. The Hall–Kier alpha value is -3.55. The summed E-state index contributed by atoms with van der Waals surface area (Å²) in [6, 6.07) is 21.8. The van der Waals surface area contributed by atoms with Crippen LogP contribution in [0.2, 0.25) is 0 Å². The number of hydrogen-bond acceptors (Lipinski definition) is 6. The number of benzene rings is 3. The van der Waals surface area contributed by atoms with E-state index in [4.69, 9.17) is 18.9 Å². The molecule has 1 aliphatic rings. The fourth-order valence-electron chi connectivity index (χ4n) is 4.49. The molecule has 37 heavy (non-hydrogen) atoms. The van der Waals surface area contributed by atoms with E-state index in [-0.39, 0.29) is 12.0 Å². The summed E-state index contributed by atoms with van der Waals surface area (Å²) in [7, 11) is 4.84. The van der Waals surface area contributed by atoms with E-state index in [1.165, 1.54) is 5.56 Å². The number of amides is 1. The van der Waals surface area contributed by atoms with Crippen LogP contribution in [0.15, 0.2) is 66.7 Å². The van der Waals surface area contributed by atoms with Gasteiger partial charge in [-0.3, -0.25) is 9.69 Å². The Labute approximate surface area is 219 Å². The number of piperazine rings is 1. The zero-order chi connectivity index (χ0) is 26.2. The largest absolute Gasteiger partial charge is 0.497 e. The van der Waals surface area contributed by atoms with Crippen molar-refractivity contribution in [2.24, 2.45) is 0 Å². The van der Waals surface area contributed by atoms with Crippen molar-refractivity contribution in [1.29, 1.82) is 0 Å². The Kier molecular flexibility index (Phi) is 9.04. The molecule has 0 bridgehead atoms. The van der Waals surface area contributed by atoms with Gasteiger partial charge in [0.1, 0.15) is 17.2 Å². The van der Waals surface area contributed by atoms with Gasteiger partial charge in [-0.1, -0.05) is 42.0 Å². The van der Waals surface area contributed by atoms with Gasteiger partial charge in [0.15, 0.2) is 0 Å². The molecule has 1 atom stereocenters. The highest BCUT2D eigenvalue weighted by molar-refractivity contribution is 5.97. The smallest absolute Gasteiger partial charge is 0.257 e. The maximum Gasteiger partial charge on any atom is 0.257 e. The second kappa shape index (κ2) is 12.6. The molecule has 0 spiro atoms. The van der Waals surface area contributed by atoms with Crippen LogP contribution in [0.3, 0.4) is 0 Å². The summed E-state index contributed by atoms with van der Waals surface area (Å²) in [6.07, 6.45) is -0.125. The Morgan fingerprint density at radius 1 is 0.838 bits per heavy atom. The minimum atomic E-state index is -0.125. The molecule has 1 aliphatic heterocycles. The first-order valence-electron chi connectivity index (χ1n) is 12.6.